The molecule has 0 radical (unpaired) electrons. The van der Waals surface area contributed by atoms with Crippen LogP contribution in [0.1, 0.15) is 30.1 Å². The Morgan fingerprint density at radius 3 is 3.12 bits per heavy atom. The lowest BCUT2D eigenvalue weighted by molar-refractivity contribution is 0.0115. The molecule has 2 fully saturated rings. The van der Waals surface area contributed by atoms with Crippen molar-refractivity contribution in [2.75, 3.05) is 25.0 Å². The minimum Gasteiger partial charge on any atom is -0.465 e. The Labute approximate surface area is 147 Å². The molecule has 0 aromatic carbocycles. The largest absolute Gasteiger partial charge is 0.465 e. The topological polar surface area (TPSA) is 74.3 Å². The first kappa shape index (κ1) is 16.1. The molecule has 1 N–H and O–H groups in total. The molecule has 2 aliphatic heterocycles. The summed E-state index contributed by atoms with van der Waals surface area (Å²) < 4.78 is 11.9. The number of nitriles is 1. The zero-order chi connectivity index (χ0) is 17.3. The molecule has 2 atom stereocenters. The molecule has 0 bridgehead atoms. The summed E-state index contributed by atoms with van der Waals surface area (Å²) >= 11 is 0. The number of furan rings is 1. The van der Waals surface area contributed by atoms with Crippen molar-refractivity contribution in [2.45, 2.75) is 38.0 Å². The number of ether oxygens (including phenoxy) is 1. The maximum Gasteiger partial charge on any atom is 0.142 e. The van der Waals surface area contributed by atoms with Crippen LogP contribution in [0.2, 0.25) is 0 Å². The summed E-state index contributed by atoms with van der Waals surface area (Å²) in [5.41, 5.74) is 0.353. The van der Waals surface area contributed by atoms with Gasteiger partial charge < -0.3 is 14.5 Å². The highest BCUT2D eigenvalue weighted by atomic mass is 16.5. The molecular formula is C19H22N4O2. The number of hydrogen-bond donors (Lipinski definition) is 1. The van der Waals surface area contributed by atoms with Crippen molar-refractivity contribution < 1.29 is 9.15 Å². The van der Waals surface area contributed by atoms with E-state index < -0.39 is 0 Å². The van der Waals surface area contributed by atoms with Crippen LogP contribution in [0.4, 0.5) is 5.82 Å². The third-order valence-corrected chi connectivity index (χ3v) is 5.00. The molecule has 25 heavy (non-hydrogen) atoms. The van der Waals surface area contributed by atoms with Gasteiger partial charge in [-0.15, -0.1) is 0 Å². The monoisotopic (exact) mass is 338 g/mol. The van der Waals surface area contributed by atoms with Crippen LogP contribution >= 0.6 is 0 Å². The second kappa shape index (κ2) is 6.51. The summed E-state index contributed by atoms with van der Waals surface area (Å²) in [5.74, 6) is 2.71. The molecule has 4 heterocycles. The van der Waals surface area contributed by atoms with E-state index in [2.05, 4.69) is 21.3 Å². The van der Waals surface area contributed by atoms with Gasteiger partial charge in [-0.2, -0.15) is 5.26 Å². The van der Waals surface area contributed by atoms with Crippen molar-refractivity contribution in [3.8, 4) is 6.07 Å². The first-order valence-electron chi connectivity index (χ1n) is 8.69. The average Bonchev–Trinajstić information content (AvgIpc) is 3.31. The molecule has 2 saturated heterocycles. The Morgan fingerprint density at radius 1 is 1.40 bits per heavy atom. The summed E-state index contributed by atoms with van der Waals surface area (Å²) in [6.07, 6.45) is 2.00. The third-order valence-electron chi connectivity index (χ3n) is 5.00. The van der Waals surface area contributed by atoms with Crippen LogP contribution in [0.15, 0.2) is 34.7 Å². The number of pyridine rings is 1. The maximum atomic E-state index is 8.96. The molecule has 6 nitrogen and oxygen atoms in total. The zero-order valence-corrected chi connectivity index (χ0v) is 14.4. The quantitative estimate of drug-likeness (QED) is 0.924. The van der Waals surface area contributed by atoms with E-state index in [1.807, 2.05) is 31.2 Å². The second-order valence-corrected chi connectivity index (χ2v) is 7.03. The molecule has 6 heteroatoms. The smallest absolute Gasteiger partial charge is 0.142 e. The minimum atomic E-state index is -0.0772. The van der Waals surface area contributed by atoms with Gasteiger partial charge in [0, 0.05) is 19.5 Å². The van der Waals surface area contributed by atoms with E-state index in [9.17, 15) is 0 Å². The van der Waals surface area contributed by atoms with Crippen LogP contribution in [0.25, 0.3) is 0 Å². The van der Waals surface area contributed by atoms with Gasteiger partial charge in [0.05, 0.1) is 24.8 Å². The number of rotatable bonds is 4. The van der Waals surface area contributed by atoms with Gasteiger partial charge in [-0.3, -0.25) is 4.90 Å². The van der Waals surface area contributed by atoms with Crippen molar-refractivity contribution in [3.05, 3.63) is 47.5 Å². The Kier molecular flexibility index (Phi) is 4.20. The number of nitrogens with zero attached hydrogens (tertiary/aromatic N) is 3. The van der Waals surface area contributed by atoms with Crippen molar-refractivity contribution >= 4 is 5.82 Å². The SMILES string of the molecule is Cc1ccc(CN2CC[C@@]3(C[C@@H](Nc4cccc(C#N)n4)CO3)C2)o1. The van der Waals surface area contributed by atoms with E-state index in [-0.39, 0.29) is 11.6 Å². The minimum absolute atomic E-state index is 0.0772. The van der Waals surface area contributed by atoms with Gasteiger partial charge in [0.15, 0.2) is 0 Å². The molecule has 1 spiro atoms. The molecular weight excluding hydrogens is 316 g/mol. The third kappa shape index (κ3) is 3.53. The van der Waals surface area contributed by atoms with Gasteiger partial charge in [0.25, 0.3) is 0 Å². The van der Waals surface area contributed by atoms with Crippen LogP contribution in [-0.2, 0) is 11.3 Å². The standard InChI is InChI=1S/C19H22N4O2/c1-14-5-6-17(25-14)11-23-8-7-19(13-23)9-16(12-24-19)22-18-4-2-3-15(10-20)21-18/h2-6,16H,7-9,11-13H2,1H3,(H,21,22)/t16-,19-/m1/s1. The Morgan fingerprint density at radius 2 is 2.32 bits per heavy atom. The molecule has 2 aliphatic rings. The van der Waals surface area contributed by atoms with Gasteiger partial charge in [-0.1, -0.05) is 6.07 Å². The van der Waals surface area contributed by atoms with E-state index in [0.717, 1.165) is 49.8 Å². The Bertz CT molecular complexity index is 797. The summed E-state index contributed by atoms with van der Waals surface area (Å²) in [6, 6.07) is 11.8. The fourth-order valence-corrected chi connectivity index (χ4v) is 3.86. The molecule has 4 rings (SSSR count). The number of aryl methyl sites for hydroxylation is 1. The van der Waals surface area contributed by atoms with Crippen LogP contribution in [0, 0.1) is 18.3 Å². The fraction of sp³-hybridized carbons (Fsp3) is 0.474. The van der Waals surface area contributed by atoms with E-state index in [0.29, 0.717) is 12.3 Å². The summed E-state index contributed by atoms with van der Waals surface area (Å²) in [6.45, 7) is 5.43. The van der Waals surface area contributed by atoms with Crippen molar-refractivity contribution in [2.24, 2.45) is 0 Å². The fourth-order valence-electron chi connectivity index (χ4n) is 3.86. The Balaban J connectivity index is 1.35. The van der Waals surface area contributed by atoms with Gasteiger partial charge in [0.2, 0.25) is 0 Å². The average molecular weight is 338 g/mol. The molecule has 130 valence electrons. The Hall–Kier alpha value is -2.36. The number of hydrogen-bond acceptors (Lipinski definition) is 6. The predicted octanol–water partition coefficient (Wildman–Crippen LogP) is 2.70. The first-order valence-corrected chi connectivity index (χ1v) is 8.69. The lowest BCUT2D eigenvalue weighted by atomic mass is 9.97. The molecule has 0 amide bonds. The lowest BCUT2D eigenvalue weighted by Gasteiger charge is -2.23. The zero-order valence-electron chi connectivity index (χ0n) is 14.4. The number of anilines is 1. The molecule has 2 aromatic rings. The highest BCUT2D eigenvalue weighted by Crippen LogP contribution is 2.36. The molecule has 0 saturated carbocycles. The van der Waals surface area contributed by atoms with Crippen LogP contribution < -0.4 is 5.32 Å². The lowest BCUT2D eigenvalue weighted by Crippen LogP contribution is -2.33. The molecule has 0 aliphatic carbocycles. The van der Waals surface area contributed by atoms with Crippen molar-refractivity contribution in [1.82, 2.24) is 9.88 Å². The summed E-state index contributed by atoms with van der Waals surface area (Å²) in [4.78, 5) is 6.69. The highest BCUT2D eigenvalue weighted by molar-refractivity contribution is 5.39. The first-order chi connectivity index (χ1) is 12.1. The van der Waals surface area contributed by atoms with Gasteiger partial charge in [-0.25, -0.2) is 4.98 Å². The summed E-state index contributed by atoms with van der Waals surface area (Å²) in [5, 5.41) is 12.4. The van der Waals surface area contributed by atoms with Crippen LogP contribution in [0.5, 0.6) is 0 Å². The summed E-state index contributed by atoms with van der Waals surface area (Å²) in [7, 11) is 0. The normalized spacial score (nSPS) is 26.2. The second-order valence-electron chi connectivity index (χ2n) is 7.03. The van der Waals surface area contributed by atoms with E-state index in [4.69, 9.17) is 14.4 Å². The number of likely N-dealkylation sites (tertiary alicyclic amines) is 1. The van der Waals surface area contributed by atoms with Crippen molar-refractivity contribution in [3.63, 3.8) is 0 Å². The van der Waals surface area contributed by atoms with Gasteiger partial charge in [-0.05, 0) is 37.6 Å². The van der Waals surface area contributed by atoms with Crippen LogP contribution in [0.3, 0.4) is 0 Å². The number of nitrogens with one attached hydrogen (secondary N) is 1. The van der Waals surface area contributed by atoms with E-state index in [1.165, 1.54) is 0 Å². The predicted molar refractivity (Wildman–Crippen MR) is 93.0 cm³/mol. The highest BCUT2D eigenvalue weighted by Gasteiger charge is 2.45. The van der Waals surface area contributed by atoms with Crippen molar-refractivity contribution in [1.29, 1.82) is 5.26 Å². The van der Waals surface area contributed by atoms with E-state index in [1.54, 1.807) is 6.07 Å². The molecule has 2 aromatic heterocycles. The van der Waals surface area contributed by atoms with Gasteiger partial charge in [0.1, 0.15) is 29.1 Å². The van der Waals surface area contributed by atoms with E-state index >= 15 is 0 Å². The van der Waals surface area contributed by atoms with Crippen LogP contribution in [-0.4, -0.2) is 41.2 Å². The molecule has 0 unspecified atom stereocenters. The number of aromatic nitrogens is 1. The van der Waals surface area contributed by atoms with Gasteiger partial charge >= 0.3 is 0 Å². The maximum absolute atomic E-state index is 8.96.